The zero-order valence-corrected chi connectivity index (χ0v) is 14.8. The molecule has 1 aliphatic rings. The first-order valence-electron chi connectivity index (χ1n) is 8.86. The van der Waals surface area contributed by atoms with Crippen LogP contribution in [0.3, 0.4) is 0 Å². The van der Waals surface area contributed by atoms with Gasteiger partial charge in [0.05, 0.1) is 0 Å². The molecular weight excluding hydrogens is 278 g/mol. The van der Waals surface area contributed by atoms with Gasteiger partial charge in [0.1, 0.15) is 0 Å². The molecule has 23 heavy (non-hydrogen) atoms. The number of hydrogen-bond donors (Lipinski definition) is 0. The van der Waals surface area contributed by atoms with Crippen LogP contribution in [0.4, 0.5) is 0 Å². The van der Waals surface area contributed by atoms with Crippen molar-refractivity contribution >= 4 is 5.71 Å². The first-order chi connectivity index (χ1) is 11.2. The van der Waals surface area contributed by atoms with Crippen molar-refractivity contribution in [3.8, 4) is 11.1 Å². The molecule has 0 bridgehead atoms. The van der Waals surface area contributed by atoms with Gasteiger partial charge in [-0.25, -0.2) is 0 Å². The molecule has 0 saturated heterocycles. The van der Waals surface area contributed by atoms with E-state index in [-0.39, 0.29) is 5.41 Å². The van der Waals surface area contributed by atoms with Gasteiger partial charge in [0.25, 0.3) is 0 Å². The quantitative estimate of drug-likeness (QED) is 0.601. The van der Waals surface area contributed by atoms with E-state index in [0.29, 0.717) is 0 Å². The third-order valence-corrected chi connectivity index (χ3v) is 5.37. The maximum absolute atomic E-state index is 4.39. The summed E-state index contributed by atoms with van der Waals surface area (Å²) in [7, 11) is 1.88. The third-order valence-electron chi connectivity index (χ3n) is 5.37. The highest BCUT2D eigenvalue weighted by Gasteiger charge is 2.41. The highest BCUT2D eigenvalue weighted by atomic mass is 14.7. The summed E-state index contributed by atoms with van der Waals surface area (Å²) in [6.45, 7) is 6.71. The first kappa shape index (κ1) is 16.0. The normalized spacial score (nSPS) is 15.4. The van der Waals surface area contributed by atoms with E-state index in [1.807, 2.05) is 7.05 Å². The van der Waals surface area contributed by atoms with Crippen molar-refractivity contribution in [3.63, 3.8) is 0 Å². The van der Waals surface area contributed by atoms with Gasteiger partial charge in [0, 0.05) is 18.2 Å². The van der Waals surface area contributed by atoms with E-state index in [9.17, 15) is 0 Å². The molecule has 0 N–H and O–H groups in total. The molecule has 0 fully saturated rings. The molecule has 1 aliphatic carbocycles. The standard InChI is InChI=1S/C22H27N/c1-5-13-22(14-6-2)20-10-8-7-9-18(20)19-12-11-17(15-21(19)22)16(3)23-4/h7-12,15H,5-6,13-14H2,1-4H3/b23-16-. The van der Waals surface area contributed by atoms with Crippen LogP contribution in [0.1, 0.15) is 63.1 Å². The molecule has 0 atom stereocenters. The van der Waals surface area contributed by atoms with E-state index in [1.54, 1.807) is 0 Å². The van der Waals surface area contributed by atoms with Gasteiger partial charge < -0.3 is 0 Å². The smallest absolute Gasteiger partial charge is 0.0386 e. The summed E-state index contributed by atoms with van der Waals surface area (Å²) >= 11 is 0. The van der Waals surface area contributed by atoms with E-state index in [0.717, 1.165) is 5.71 Å². The highest BCUT2D eigenvalue weighted by molar-refractivity contribution is 6.00. The van der Waals surface area contributed by atoms with Crippen LogP contribution in [0.25, 0.3) is 11.1 Å². The monoisotopic (exact) mass is 305 g/mol. The van der Waals surface area contributed by atoms with E-state index in [1.165, 1.54) is 53.5 Å². The van der Waals surface area contributed by atoms with Crippen molar-refractivity contribution in [2.75, 3.05) is 7.05 Å². The van der Waals surface area contributed by atoms with Gasteiger partial charge in [-0.05, 0) is 53.6 Å². The van der Waals surface area contributed by atoms with Crippen molar-refractivity contribution in [2.45, 2.75) is 51.9 Å². The number of fused-ring (bicyclic) bond motifs is 3. The Kier molecular flexibility index (Phi) is 4.39. The predicted octanol–water partition coefficient (Wildman–Crippen LogP) is 5.99. The maximum Gasteiger partial charge on any atom is 0.0386 e. The van der Waals surface area contributed by atoms with Crippen molar-refractivity contribution in [1.82, 2.24) is 0 Å². The molecule has 0 amide bonds. The fraction of sp³-hybridized carbons (Fsp3) is 0.409. The summed E-state index contributed by atoms with van der Waals surface area (Å²) in [5.41, 5.74) is 8.46. The number of nitrogens with zero attached hydrogens (tertiary/aromatic N) is 1. The van der Waals surface area contributed by atoms with Gasteiger partial charge in [0.15, 0.2) is 0 Å². The van der Waals surface area contributed by atoms with Crippen LogP contribution in [0.15, 0.2) is 47.5 Å². The van der Waals surface area contributed by atoms with Gasteiger partial charge in [-0.15, -0.1) is 0 Å². The molecule has 2 aromatic carbocycles. The Morgan fingerprint density at radius 2 is 1.57 bits per heavy atom. The lowest BCUT2D eigenvalue weighted by molar-refractivity contribution is 0.436. The lowest BCUT2D eigenvalue weighted by Crippen LogP contribution is -2.25. The summed E-state index contributed by atoms with van der Waals surface area (Å²) < 4.78 is 0. The van der Waals surface area contributed by atoms with Crippen molar-refractivity contribution in [3.05, 3.63) is 59.2 Å². The zero-order chi connectivity index (χ0) is 16.4. The summed E-state index contributed by atoms with van der Waals surface area (Å²) in [6, 6.07) is 16.0. The minimum absolute atomic E-state index is 0.180. The molecule has 0 spiro atoms. The second-order valence-electron chi connectivity index (χ2n) is 6.70. The molecule has 2 aromatic rings. The summed E-state index contributed by atoms with van der Waals surface area (Å²) in [6.07, 6.45) is 4.85. The first-order valence-corrected chi connectivity index (χ1v) is 8.86. The minimum atomic E-state index is 0.180. The van der Waals surface area contributed by atoms with Gasteiger partial charge in [-0.1, -0.05) is 63.1 Å². The van der Waals surface area contributed by atoms with E-state index < -0.39 is 0 Å². The van der Waals surface area contributed by atoms with Crippen LogP contribution in [0, 0.1) is 0 Å². The number of hydrogen-bond acceptors (Lipinski definition) is 1. The van der Waals surface area contributed by atoms with Gasteiger partial charge >= 0.3 is 0 Å². The van der Waals surface area contributed by atoms with Crippen molar-refractivity contribution in [2.24, 2.45) is 4.99 Å². The largest absolute Gasteiger partial charge is 0.293 e. The zero-order valence-electron chi connectivity index (χ0n) is 14.8. The van der Waals surface area contributed by atoms with E-state index in [4.69, 9.17) is 0 Å². The molecule has 3 rings (SSSR count). The Morgan fingerprint density at radius 1 is 0.913 bits per heavy atom. The maximum atomic E-state index is 4.39. The molecule has 0 heterocycles. The number of benzene rings is 2. The Balaban J connectivity index is 2.28. The molecule has 1 nitrogen and oxygen atoms in total. The predicted molar refractivity (Wildman–Crippen MR) is 101 cm³/mol. The molecule has 0 aliphatic heterocycles. The van der Waals surface area contributed by atoms with Crippen LogP contribution < -0.4 is 0 Å². The SMILES string of the molecule is CCCC1(CCC)c2ccccc2-c2ccc(/C(C)=N\C)cc21. The Hall–Kier alpha value is -1.89. The molecular formula is C22H27N. The van der Waals surface area contributed by atoms with Crippen LogP contribution in [0.2, 0.25) is 0 Å². The molecule has 1 heteroatoms. The Morgan fingerprint density at radius 3 is 2.22 bits per heavy atom. The van der Waals surface area contributed by atoms with Crippen LogP contribution in [0.5, 0.6) is 0 Å². The molecule has 0 saturated carbocycles. The second kappa shape index (κ2) is 6.31. The minimum Gasteiger partial charge on any atom is -0.293 e. The van der Waals surface area contributed by atoms with Crippen LogP contribution >= 0.6 is 0 Å². The fourth-order valence-electron chi connectivity index (χ4n) is 4.33. The third kappa shape index (κ3) is 2.43. The van der Waals surface area contributed by atoms with Gasteiger partial charge in [0.2, 0.25) is 0 Å². The van der Waals surface area contributed by atoms with Crippen molar-refractivity contribution < 1.29 is 0 Å². The van der Waals surface area contributed by atoms with E-state index >= 15 is 0 Å². The lowest BCUT2D eigenvalue weighted by Gasteiger charge is -2.32. The molecule has 0 radical (unpaired) electrons. The highest BCUT2D eigenvalue weighted by Crippen LogP contribution is 2.53. The second-order valence-corrected chi connectivity index (χ2v) is 6.70. The van der Waals surface area contributed by atoms with Crippen LogP contribution in [-0.4, -0.2) is 12.8 Å². The average molecular weight is 305 g/mol. The van der Waals surface area contributed by atoms with Crippen LogP contribution in [-0.2, 0) is 5.41 Å². The number of rotatable bonds is 5. The van der Waals surface area contributed by atoms with E-state index in [2.05, 4.69) is 68.2 Å². The number of aliphatic imine (C=N–C) groups is 1. The van der Waals surface area contributed by atoms with Crippen molar-refractivity contribution in [1.29, 1.82) is 0 Å². The summed E-state index contributed by atoms with van der Waals surface area (Å²) in [4.78, 5) is 4.39. The molecule has 0 unspecified atom stereocenters. The lowest BCUT2D eigenvalue weighted by atomic mass is 9.71. The van der Waals surface area contributed by atoms with Gasteiger partial charge in [-0.3, -0.25) is 4.99 Å². The van der Waals surface area contributed by atoms with Gasteiger partial charge in [-0.2, -0.15) is 0 Å². The Bertz CT molecular complexity index is 733. The fourth-order valence-corrected chi connectivity index (χ4v) is 4.33. The molecule has 0 aromatic heterocycles. The topological polar surface area (TPSA) is 12.4 Å². The Labute approximate surface area is 140 Å². The summed E-state index contributed by atoms with van der Waals surface area (Å²) in [5, 5.41) is 0. The molecule has 120 valence electrons. The summed E-state index contributed by atoms with van der Waals surface area (Å²) in [5.74, 6) is 0. The average Bonchev–Trinajstić information content (AvgIpc) is 2.85.